The number of amides is 1. The molecule has 0 radical (unpaired) electrons. The maximum Gasteiger partial charge on any atom is 0.221 e. The molecular weight excluding hydrogens is 402 g/mol. The third-order valence-corrected chi connectivity index (χ3v) is 6.54. The number of carbonyl (C=O) groups is 1. The van der Waals surface area contributed by atoms with E-state index in [9.17, 15) is 4.79 Å². The number of nitrogens with one attached hydrogen (secondary N) is 1. The van der Waals surface area contributed by atoms with Crippen LogP contribution in [0.1, 0.15) is 30.9 Å². The molecule has 32 heavy (non-hydrogen) atoms. The Bertz CT molecular complexity index is 881. The van der Waals surface area contributed by atoms with E-state index in [1.165, 1.54) is 18.1 Å². The zero-order valence-corrected chi connectivity index (χ0v) is 19.3. The largest absolute Gasteiger partial charge is 0.495 e. The first-order chi connectivity index (χ1) is 15.6. The molecule has 2 heterocycles. The fourth-order valence-corrected chi connectivity index (χ4v) is 4.82. The van der Waals surface area contributed by atoms with Crippen LogP contribution in [-0.4, -0.2) is 61.8 Å². The van der Waals surface area contributed by atoms with E-state index in [1.807, 2.05) is 6.07 Å². The molecule has 0 aromatic heterocycles. The van der Waals surface area contributed by atoms with Crippen LogP contribution in [0.15, 0.2) is 48.5 Å². The lowest BCUT2D eigenvalue weighted by Crippen LogP contribution is -2.52. The molecule has 2 unspecified atom stereocenters. The lowest BCUT2D eigenvalue weighted by atomic mass is 9.90. The van der Waals surface area contributed by atoms with Crippen LogP contribution < -0.4 is 10.1 Å². The Hall–Kier alpha value is -2.41. The van der Waals surface area contributed by atoms with Crippen molar-refractivity contribution >= 4 is 11.6 Å². The number of anilines is 1. The zero-order valence-electron chi connectivity index (χ0n) is 19.3. The number of carbonyl (C=O) groups excluding carboxylic acids is 1. The van der Waals surface area contributed by atoms with Gasteiger partial charge in [-0.15, -0.1) is 0 Å². The Balaban J connectivity index is 1.29. The van der Waals surface area contributed by atoms with Crippen LogP contribution in [0.4, 0.5) is 5.69 Å². The van der Waals surface area contributed by atoms with Crippen molar-refractivity contribution in [1.82, 2.24) is 9.80 Å². The van der Waals surface area contributed by atoms with Crippen LogP contribution in [0.5, 0.6) is 5.75 Å². The van der Waals surface area contributed by atoms with Gasteiger partial charge in [-0.2, -0.15) is 0 Å². The first-order valence-electron chi connectivity index (χ1n) is 11.7. The summed E-state index contributed by atoms with van der Waals surface area (Å²) < 4.78 is 11.7. The van der Waals surface area contributed by atoms with Crippen LogP contribution in [0.2, 0.25) is 0 Å². The van der Waals surface area contributed by atoms with Crippen molar-refractivity contribution < 1.29 is 14.3 Å². The van der Waals surface area contributed by atoms with Crippen LogP contribution in [0, 0.1) is 5.92 Å². The molecule has 0 spiro atoms. The predicted octanol–water partition coefficient (Wildman–Crippen LogP) is 3.77. The Morgan fingerprint density at radius 3 is 2.59 bits per heavy atom. The number of rotatable bonds is 7. The normalized spacial score (nSPS) is 22.4. The highest BCUT2D eigenvalue weighted by Crippen LogP contribution is 2.30. The predicted molar refractivity (Wildman–Crippen MR) is 127 cm³/mol. The van der Waals surface area contributed by atoms with E-state index in [2.05, 4.69) is 57.6 Å². The summed E-state index contributed by atoms with van der Waals surface area (Å²) in [5.74, 6) is 1.22. The van der Waals surface area contributed by atoms with Gasteiger partial charge in [-0.25, -0.2) is 0 Å². The molecule has 6 nitrogen and oxygen atoms in total. The molecule has 1 N–H and O–H groups in total. The number of hydrogen-bond acceptors (Lipinski definition) is 5. The fraction of sp³-hybridized carbons (Fsp3) is 0.500. The summed E-state index contributed by atoms with van der Waals surface area (Å²) >= 11 is 0. The fourth-order valence-electron chi connectivity index (χ4n) is 4.82. The van der Waals surface area contributed by atoms with Crippen molar-refractivity contribution in [2.24, 2.45) is 5.92 Å². The zero-order chi connectivity index (χ0) is 22.3. The molecule has 2 fully saturated rings. The third-order valence-electron chi connectivity index (χ3n) is 6.54. The number of benzene rings is 2. The Morgan fingerprint density at radius 1 is 1.09 bits per heavy atom. The highest BCUT2D eigenvalue weighted by atomic mass is 16.5. The topological polar surface area (TPSA) is 54.0 Å². The van der Waals surface area contributed by atoms with Gasteiger partial charge in [-0.3, -0.25) is 14.6 Å². The summed E-state index contributed by atoms with van der Waals surface area (Å²) in [5, 5.41) is 2.83. The maximum atomic E-state index is 11.4. The molecule has 1 amide bonds. The number of piperazine rings is 1. The molecule has 172 valence electrons. The van der Waals surface area contributed by atoms with E-state index in [-0.39, 0.29) is 12.1 Å². The highest BCUT2D eigenvalue weighted by Gasteiger charge is 2.30. The Labute approximate surface area is 191 Å². The lowest BCUT2D eigenvalue weighted by molar-refractivity contribution is -0.114. The molecule has 4 rings (SSSR count). The minimum Gasteiger partial charge on any atom is -0.495 e. The third kappa shape index (κ3) is 6.09. The van der Waals surface area contributed by atoms with Gasteiger partial charge in [-0.1, -0.05) is 36.4 Å². The monoisotopic (exact) mass is 437 g/mol. The van der Waals surface area contributed by atoms with E-state index in [0.717, 1.165) is 70.0 Å². The van der Waals surface area contributed by atoms with E-state index < -0.39 is 0 Å². The van der Waals surface area contributed by atoms with Crippen LogP contribution >= 0.6 is 0 Å². The molecule has 2 atom stereocenters. The SMILES string of the molecule is COc1cc(CC2CCOC(N3CCN(Cc4ccccc4)CC3)C2)ccc1NC(C)=O. The van der Waals surface area contributed by atoms with Crippen molar-refractivity contribution in [1.29, 1.82) is 0 Å². The van der Waals surface area contributed by atoms with Crippen molar-refractivity contribution in [3.05, 3.63) is 59.7 Å². The molecule has 6 heteroatoms. The summed E-state index contributed by atoms with van der Waals surface area (Å²) in [5.41, 5.74) is 3.35. The minimum atomic E-state index is -0.0906. The quantitative estimate of drug-likeness (QED) is 0.715. The molecule has 2 aromatic rings. The Kier molecular flexibility index (Phi) is 7.79. The minimum absolute atomic E-state index is 0.0906. The molecule has 2 aliphatic heterocycles. The summed E-state index contributed by atoms with van der Waals surface area (Å²) in [6.07, 6.45) is 3.37. The number of hydrogen-bond donors (Lipinski definition) is 1. The maximum absolute atomic E-state index is 11.4. The smallest absolute Gasteiger partial charge is 0.221 e. The standard InChI is InChI=1S/C26H35N3O3/c1-20(30)27-24-9-8-22(17-25(24)31-2)16-23-10-15-32-26(18-23)29-13-11-28(12-14-29)19-21-6-4-3-5-7-21/h3-9,17,23,26H,10-16,18-19H2,1-2H3,(H,27,30). The molecule has 0 aliphatic carbocycles. The van der Waals surface area contributed by atoms with E-state index in [1.54, 1.807) is 7.11 Å². The van der Waals surface area contributed by atoms with Crippen molar-refractivity contribution in [3.8, 4) is 5.75 Å². The van der Waals surface area contributed by atoms with Crippen LogP contribution in [-0.2, 0) is 22.5 Å². The second-order valence-electron chi connectivity index (χ2n) is 8.93. The highest BCUT2D eigenvalue weighted by molar-refractivity contribution is 5.90. The summed E-state index contributed by atoms with van der Waals surface area (Å²) in [6.45, 7) is 7.65. The number of methoxy groups -OCH3 is 1. The van der Waals surface area contributed by atoms with Gasteiger partial charge >= 0.3 is 0 Å². The molecule has 2 saturated heterocycles. The average Bonchev–Trinajstić information content (AvgIpc) is 2.81. The second kappa shape index (κ2) is 10.9. The van der Waals surface area contributed by atoms with E-state index >= 15 is 0 Å². The Morgan fingerprint density at radius 2 is 1.88 bits per heavy atom. The van der Waals surface area contributed by atoms with E-state index in [0.29, 0.717) is 5.92 Å². The molecule has 2 aliphatic rings. The molecule has 0 saturated carbocycles. The van der Waals surface area contributed by atoms with Crippen molar-refractivity contribution in [3.63, 3.8) is 0 Å². The lowest BCUT2D eigenvalue weighted by Gasteiger charge is -2.42. The first kappa shape index (κ1) is 22.8. The summed E-state index contributed by atoms with van der Waals surface area (Å²) in [7, 11) is 1.65. The van der Waals surface area contributed by atoms with Gasteiger partial charge in [0.2, 0.25) is 5.91 Å². The van der Waals surface area contributed by atoms with Crippen molar-refractivity contribution in [2.45, 2.75) is 39.0 Å². The average molecular weight is 438 g/mol. The first-order valence-corrected chi connectivity index (χ1v) is 11.7. The van der Waals surface area contributed by atoms with E-state index in [4.69, 9.17) is 9.47 Å². The molecule has 2 aromatic carbocycles. The second-order valence-corrected chi connectivity index (χ2v) is 8.93. The van der Waals surface area contributed by atoms with Gasteiger partial charge in [0.05, 0.1) is 12.8 Å². The number of nitrogens with zero attached hydrogens (tertiary/aromatic N) is 2. The molecular formula is C26H35N3O3. The van der Waals surface area contributed by atoms with Gasteiger partial charge < -0.3 is 14.8 Å². The number of ether oxygens (including phenoxy) is 2. The molecule has 0 bridgehead atoms. The van der Waals surface area contributed by atoms with Gasteiger partial charge in [0.1, 0.15) is 12.0 Å². The van der Waals surface area contributed by atoms with Crippen molar-refractivity contribution in [2.75, 3.05) is 45.2 Å². The van der Waals surface area contributed by atoms with Gasteiger partial charge in [0, 0.05) is 46.3 Å². The van der Waals surface area contributed by atoms with Gasteiger partial charge in [-0.05, 0) is 48.4 Å². The van der Waals surface area contributed by atoms with Gasteiger partial charge in [0.15, 0.2) is 0 Å². The van der Waals surface area contributed by atoms with Gasteiger partial charge in [0.25, 0.3) is 0 Å². The van der Waals surface area contributed by atoms with Crippen LogP contribution in [0.3, 0.4) is 0 Å². The van der Waals surface area contributed by atoms with Crippen LogP contribution in [0.25, 0.3) is 0 Å². The summed E-state index contributed by atoms with van der Waals surface area (Å²) in [6, 6.07) is 16.8. The summed E-state index contributed by atoms with van der Waals surface area (Å²) in [4.78, 5) is 16.5.